The number of hydrogen-bond acceptors (Lipinski definition) is 3. The standard InChI is InChI=1S/C13H16N2O2/c1-13(2,3)17-12(16)7-10-6-9-8-14-5-4-11(9)15-10/h4-6,8,15H,7H2,1-3H3. The van der Waals surface area contributed by atoms with Crippen LogP contribution in [0.2, 0.25) is 0 Å². The van der Waals surface area contributed by atoms with Gasteiger partial charge in [-0.3, -0.25) is 9.78 Å². The van der Waals surface area contributed by atoms with Gasteiger partial charge in [-0.15, -0.1) is 0 Å². The van der Waals surface area contributed by atoms with Crippen LogP contribution in [0.4, 0.5) is 0 Å². The van der Waals surface area contributed by atoms with Gasteiger partial charge < -0.3 is 9.72 Å². The molecule has 2 heterocycles. The smallest absolute Gasteiger partial charge is 0.312 e. The molecule has 0 saturated heterocycles. The van der Waals surface area contributed by atoms with Crippen LogP contribution in [0.5, 0.6) is 0 Å². The number of H-pyrrole nitrogens is 1. The largest absolute Gasteiger partial charge is 0.460 e. The Bertz CT molecular complexity index is 505. The Morgan fingerprint density at radius 1 is 1.47 bits per heavy atom. The SMILES string of the molecule is CC(C)(C)OC(=O)Cc1cc2cnccc2[nH]1. The van der Waals surface area contributed by atoms with Crippen molar-refractivity contribution in [3.05, 3.63) is 30.2 Å². The summed E-state index contributed by atoms with van der Waals surface area (Å²) in [6.07, 6.45) is 3.74. The first-order valence-electron chi connectivity index (χ1n) is 5.57. The van der Waals surface area contributed by atoms with Crippen molar-refractivity contribution < 1.29 is 9.53 Å². The molecule has 90 valence electrons. The van der Waals surface area contributed by atoms with Crippen LogP contribution in [0.25, 0.3) is 10.9 Å². The lowest BCUT2D eigenvalue weighted by atomic mass is 10.2. The fraction of sp³-hybridized carbons (Fsp3) is 0.385. The third-order valence-corrected chi connectivity index (χ3v) is 2.23. The number of aromatic amines is 1. The van der Waals surface area contributed by atoms with Crippen LogP contribution in [-0.4, -0.2) is 21.5 Å². The molecular formula is C13H16N2O2. The summed E-state index contributed by atoms with van der Waals surface area (Å²) in [7, 11) is 0. The van der Waals surface area contributed by atoms with Crippen molar-refractivity contribution in [1.29, 1.82) is 0 Å². The molecule has 0 aliphatic heterocycles. The second-order valence-corrected chi connectivity index (χ2v) is 5.02. The number of carbonyl (C=O) groups excluding carboxylic acids is 1. The number of nitrogens with one attached hydrogen (secondary N) is 1. The molecule has 0 atom stereocenters. The first kappa shape index (κ1) is 11.6. The molecule has 0 aliphatic rings. The van der Waals surface area contributed by atoms with Crippen molar-refractivity contribution in [2.24, 2.45) is 0 Å². The van der Waals surface area contributed by atoms with Gasteiger partial charge in [-0.1, -0.05) is 0 Å². The summed E-state index contributed by atoms with van der Waals surface area (Å²) in [5.74, 6) is -0.225. The monoisotopic (exact) mass is 232 g/mol. The van der Waals surface area contributed by atoms with E-state index in [-0.39, 0.29) is 12.4 Å². The Labute approximate surface area is 100 Å². The maximum absolute atomic E-state index is 11.6. The highest BCUT2D eigenvalue weighted by molar-refractivity contribution is 5.81. The van der Waals surface area contributed by atoms with Gasteiger partial charge in [0.15, 0.2) is 0 Å². The minimum Gasteiger partial charge on any atom is -0.460 e. The van der Waals surface area contributed by atoms with Crippen LogP contribution in [-0.2, 0) is 16.0 Å². The molecule has 4 nitrogen and oxygen atoms in total. The van der Waals surface area contributed by atoms with Crippen molar-refractivity contribution in [1.82, 2.24) is 9.97 Å². The van der Waals surface area contributed by atoms with Crippen LogP contribution in [0.3, 0.4) is 0 Å². The highest BCUT2D eigenvalue weighted by atomic mass is 16.6. The number of esters is 1. The lowest BCUT2D eigenvalue weighted by Gasteiger charge is -2.19. The third-order valence-electron chi connectivity index (χ3n) is 2.23. The number of nitrogens with zero attached hydrogens (tertiary/aromatic N) is 1. The summed E-state index contributed by atoms with van der Waals surface area (Å²) in [5, 5.41) is 1.01. The molecule has 17 heavy (non-hydrogen) atoms. The molecule has 0 aromatic carbocycles. The molecule has 4 heteroatoms. The van der Waals surface area contributed by atoms with Crippen LogP contribution in [0.15, 0.2) is 24.5 Å². The molecule has 0 bridgehead atoms. The average molecular weight is 232 g/mol. The number of ether oxygens (including phenoxy) is 1. The van der Waals surface area contributed by atoms with Crippen LogP contribution in [0, 0.1) is 0 Å². The summed E-state index contributed by atoms with van der Waals surface area (Å²) in [6.45, 7) is 5.58. The van der Waals surface area contributed by atoms with E-state index in [2.05, 4.69) is 9.97 Å². The lowest BCUT2D eigenvalue weighted by molar-refractivity contribution is -0.153. The zero-order valence-electron chi connectivity index (χ0n) is 10.3. The molecule has 0 radical (unpaired) electrons. The van der Waals surface area contributed by atoms with E-state index in [1.165, 1.54) is 0 Å². The van der Waals surface area contributed by atoms with Gasteiger partial charge in [0.1, 0.15) is 5.60 Å². The number of pyridine rings is 1. The zero-order valence-corrected chi connectivity index (χ0v) is 10.3. The first-order valence-corrected chi connectivity index (χ1v) is 5.57. The van der Waals surface area contributed by atoms with E-state index in [1.807, 2.05) is 32.9 Å². The normalized spacial score (nSPS) is 11.7. The molecule has 2 aromatic rings. The predicted octanol–water partition coefficient (Wildman–Crippen LogP) is 2.45. The molecule has 0 fully saturated rings. The number of fused-ring (bicyclic) bond motifs is 1. The molecule has 2 aromatic heterocycles. The molecular weight excluding hydrogens is 216 g/mol. The minimum atomic E-state index is -0.440. The minimum absolute atomic E-state index is 0.225. The fourth-order valence-corrected chi connectivity index (χ4v) is 1.66. The summed E-state index contributed by atoms with van der Waals surface area (Å²) in [6, 6.07) is 3.81. The molecule has 0 spiro atoms. The molecule has 0 unspecified atom stereocenters. The summed E-state index contributed by atoms with van der Waals surface area (Å²) >= 11 is 0. The first-order chi connectivity index (χ1) is 7.94. The van der Waals surface area contributed by atoms with Gasteiger partial charge in [-0.25, -0.2) is 0 Å². The maximum atomic E-state index is 11.6. The summed E-state index contributed by atoms with van der Waals surface area (Å²) in [4.78, 5) is 18.8. The lowest BCUT2D eigenvalue weighted by Crippen LogP contribution is -2.24. The van der Waals surface area contributed by atoms with E-state index in [1.54, 1.807) is 12.4 Å². The topological polar surface area (TPSA) is 55.0 Å². The van der Waals surface area contributed by atoms with Gasteiger partial charge in [0.05, 0.1) is 6.42 Å². The number of rotatable bonds is 2. The Balaban J connectivity index is 2.11. The maximum Gasteiger partial charge on any atom is 0.312 e. The van der Waals surface area contributed by atoms with Gasteiger partial charge in [0.25, 0.3) is 0 Å². The van der Waals surface area contributed by atoms with E-state index < -0.39 is 5.60 Å². The molecule has 1 N–H and O–H groups in total. The van der Waals surface area contributed by atoms with Crippen LogP contribution < -0.4 is 0 Å². The van der Waals surface area contributed by atoms with E-state index in [4.69, 9.17) is 4.74 Å². The Morgan fingerprint density at radius 2 is 2.24 bits per heavy atom. The van der Waals surface area contributed by atoms with E-state index in [0.29, 0.717) is 0 Å². The molecule has 2 rings (SSSR count). The quantitative estimate of drug-likeness (QED) is 0.809. The van der Waals surface area contributed by atoms with Crippen molar-refractivity contribution in [2.45, 2.75) is 32.8 Å². The van der Waals surface area contributed by atoms with Crippen molar-refractivity contribution in [2.75, 3.05) is 0 Å². The molecule has 0 saturated carbocycles. The summed E-state index contributed by atoms with van der Waals surface area (Å²) in [5.41, 5.74) is 1.39. The van der Waals surface area contributed by atoms with Crippen molar-refractivity contribution >= 4 is 16.9 Å². The van der Waals surface area contributed by atoms with Gasteiger partial charge in [0.2, 0.25) is 0 Å². The number of hydrogen-bond donors (Lipinski definition) is 1. The van der Waals surface area contributed by atoms with E-state index >= 15 is 0 Å². The predicted molar refractivity (Wildman–Crippen MR) is 65.6 cm³/mol. The zero-order chi connectivity index (χ0) is 12.5. The molecule has 0 amide bonds. The third kappa shape index (κ3) is 3.06. The van der Waals surface area contributed by atoms with E-state index in [9.17, 15) is 4.79 Å². The second kappa shape index (κ2) is 4.20. The number of carbonyl (C=O) groups is 1. The average Bonchev–Trinajstić information content (AvgIpc) is 2.55. The number of aromatic nitrogens is 2. The Hall–Kier alpha value is -1.84. The van der Waals surface area contributed by atoms with Crippen LogP contribution in [0.1, 0.15) is 26.5 Å². The van der Waals surface area contributed by atoms with Gasteiger partial charge in [0, 0.05) is 29.0 Å². The second-order valence-electron chi connectivity index (χ2n) is 5.02. The Kier molecular flexibility index (Phi) is 2.88. The summed E-state index contributed by atoms with van der Waals surface area (Å²) < 4.78 is 5.26. The van der Waals surface area contributed by atoms with Gasteiger partial charge in [-0.2, -0.15) is 0 Å². The van der Waals surface area contributed by atoms with Crippen molar-refractivity contribution in [3.63, 3.8) is 0 Å². The fourth-order valence-electron chi connectivity index (χ4n) is 1.66. The van der Waals surface area contributed by atoms with Gasteiger partial charge in [-0.05, 0) is 32.9 Å². The molecule has 0 aliphatic carbocycles. The van der Waals surface area contributed by atoms with E-state index in [0.717, 1.165) is 16.6 Å². The Morgan fingerprint density at radius 3 is 2.88 bits per heavy atom. The van der Waals surface area contributed by atoms with Gasteiger partial charge >= 0.3 is 5.97 Å². The highest BCUT2D eigenvalue weighted by Gasteiger charge is 2.17. The van der Waals surface area contributed by atoms with Crippen molar-refractivity contribution in [3.8, 4) is 0 Å². The highest BCUT2D eigenvalue weighted by Crippen LogP contribution is 2.15. The van der Waals surface area contributed by atoms with Crippen LogP contribution >= 0.6 is 0 Å².